The molecule has 0 amide bonds. The largest absolute Gasteiger partial charge is 0.394 e. The Morgan fingerprint density at radius 2 is 0.850 bits per heavy atom. The fourth-order valence-electron chi connectivity index (χ4n) is 18.4. The normalized spacial score (nSPS) is 52.1. The molecule has 6 saturated heterocycles. The number of rotatable bonds is 23. The molecule has 9 fully saturated rings. The highest BCUT2D eigenvalue weighted by molar-refractivity contribution is 5.32. The second-order valence-corrected chi connectivity index (χ2v) is 31.6. The highest BCUT2D eigenvalue weighted by atomic mass is 16.8. The minimum atomic E-state index is -2.04. The SMILES string of the molecule is C[C@H](CC[C@@H](O[C@@H]1O[C@H](CO[C@@H]2O[C@H](CO[C@@H]3O[C@H](CO)[C@@H](O)[C@H](O)[C@H]3O)[C@@H](O)[C@H](O)[C@H]2O)[C@@H](O)[C@H](O)[C@H]1O[C@@H]1O[C@H](CO)[C@@H](O)[C@H](O)[C@H]1O)C(C)(C)O)C1CC[C@@]2(C)C3CC=C4C(CC[C@H](O[C@@H]5O[C@H](CO[C@H]6O[C@H](CO)[C@@H](O)[C@H](O)[C@H]6O)[C@@H](O)[C@H](O)[C@H]5O)C4(C)C)[C@]3(C)[C@H](O)C[C@]12C. The quantitative estimate of drug-likeness (QED) is 0.0423. The minimum absolute atomic E-state index is 0.00195. The van der Waals surface area contributed by atoms with Gasteiger partial charge in [-0.1, -0.05) is 53.2 Å². The Balaban J connectivity index is 0.815. The summed E-state index contributed by atoms with van der Waals surface area (Å²) in [6.07, 6.45) is -47.9. The Kier molecular flexibility index (Phi) is 25.5. The fourth-order valence-corrected chi connectivity index (χ4v) is 18.4. The maximum absolute atomic E-state index is 12.9. The molecule has 0 spiro atoms. The van der Waals surface area contributed by atoms with Crippen LogP contribution in [0, 0.1) is 45.3 Å². The molecule has 0 aromatic rings. The first-order valence-electron chi connectivity index (χ1n) is 35.1. The van der Waals surface area contributed by atoms with E-state index in [2.05, 4.69) is 33.8 Å². The van der Waals surface area contributed by atoms with Gasteiger partial charge in [0.05, 0.1) is 63.6 Å². The molecule has 34 nitrogen and oxygen atoms in total. The van der Waals surface area contributed by atoms with Crippen molar-refractivity contribution >= 4 is 0 Å². The molecule has 6 heterocycles. The van der Waals surface area contributed by atoms with Crippen molar-refractivity contribution in [3.05, 3.63) is 11.6 Å². The van der Waals surface area contributed by atoms with E-state index in [0.29, 0.717) is 32.1 Å². The summed E-state index contributed by atoms with van der Waals surface area (Å²) in [4.78, 5) is 0. The molecule has 0 aromatic heterocycles. The lowest BCUT2D eigenvalue weighted by Gasteiger charge is -2.67. The summed E-state index contributed by atoms with van der Waals surface area (Å²) in [7, 11) is 0. The summed E-state index contributed by atoms with van der Waals surface area (Å²) in [5, 5.41) is 239. The zero-order valence-corrected chi connectivity index (χ0v) is 57.6. The van der Waals surface area contributed by atoms with Gasteiger partial charge in [0.25, 0.3) is 0 Å². The van der Waals surface area contributed by atoms with Crippen LogP contribution in [0.5, 0.6) is 0 Å². The smallest absolute Gasteiger partial charge is 0.187 e. The van der Waals surface area contributed by atoms with Crippen molar-refractivity contribution in [1.29, 1.82) is 0 Å². The summed E-state index contributed by atoms with van der Waals surface area (Å²) < 4.78 is 70.9. The van der Waals surface area contributed by atoms with E-state index in [9.17, 15) is 112 Å². The first kappa shape index (κ1) is 80.9. The standard InChI is InChI=1S/C66H112O34/c1-24(25-15-16-64(6)34-12-10-26-27(66(34,8)35(70)17-65(25,64)7)11-14-36(62(26,2)3)98-59-53(86)48(81)42(75)32(96-59)22-90-57-51(84)45(78)39(72)29(19-68)93-57)9-13-37(63(4,5)88)99-61-55(100-60-54(87)46(79)40(73)30(20-69)94-60)49(82)43(76)33(97-61)23-91-58-52(85)47(80)41(74)31(95-58)21-89-56-50(83)44(77)38(71)28(18-67)92-56/h10,24-25,27-61,67-88H,9,11-23H2,1-8H3/t24-,25?,27?,28-,29-,30-,31-,32-,33-,34?,35-,36+,37-,38-,39-,40-,41-,42-,43-,44+,45+,46+,47+,48+,49+,50-,51-,52-,53-,54-,55-,56-,57+,58-,59+,60+,61+,64+,65-,66+/m1/s1. The summed E-state index contributed by atoms with van der Waals surface area (Å²) in [6, 6.07) is 0. The summed E-state index contributed by atoms with van der Waals surface area (Å²) >= 11 is 0. The van der Waals surface area contributed by atoms with Gasteiger partial charge in [0, 0.05) is 10.8 Å². The van der Waals surface area contributed by atoms with Crippen LogP contribution in [0.3, 0.4) is 0 Å². The van der Waals surface area contributed by atoms with Gasteiger partial charge in [-0.2, -0.15) is 0 Å². The lowest BCUT2D eigenvalue weighted by Crippen LogP contribution is -2.65. The lowest BCUT2D eigenvalue weighted by molar-refractivity contribution is -0.380. The molecule has 40 atom stereocenters. The number of ether oxygens (including phenoxy) is 12. The average molecular weight is 1450 g/mol. The second-order valence-electron chi connectivity index (χ2n) is 31.6. The van der Waals surface area contributed by atoms with E-state index in [4.69, 9.17) is 56.8 Å². The molecule has 100 heavy (non-hydrogen) atoms. The van der Waals surface area contributed by atoms with Crippen molar-refractivity contribution in [3.8, 4) is 0 Å². The predicted molar refractivity (Wildman–Crippen MR) is 333 cm³/mol. The van der Waals surface area contributed by atoms with Gasteiger partial charge in [-0.3, -0.25) is 0 Å². The van der Waals surface area contributed by atoms with Crippen molar-refractivity contribution in [3.63, 3.8) is 0 Å². The Hall–Kier alpha value is -1.62. The molecule has 0 aromatic carbocycles. The zero-order chi connectivity index (χ0) is 73.5. The van der Waals surface area contributed by atoms with Crippen LogP contribution in [0.1, 0.15) is 107 Å². The monoisotopic (exact) mass is 1450 g/mol. The van der Waals surface area contributed by atoms with Crippen molar-refractivity contribution in [2.24, 2.45) is 45.3 Å². The second kappa shape index (κ2) is 31.5. The van der Waals surface area contributed by atoms with Gasteiger partial charge < -0.3 is 169 Å². The third-order valence-corrected chi connectivity index (χ3v) is 25.0. The van der Waals surface area contributed by atoms with Gasteiger partial charge in [0.1, 0.15) is 146 Å². The van der Waals surface area contributed by atoms with Crippen LogP contribution in [0.25, 0.3) is 0 Å². The fraction of sp³-hybridized carbons (Fsp3) is 0.970. The molecule has 4 aliphatic carbocycles. The van der Waals surface area contributed by atoms with Crippen LogP contribution in [0.2, 0.25) is 0 Å². The van der Waals surface area contributed by atoms with Gasteiger partial charge >= 0.3 is 0 Å². The molecule has 3 saturated carbocycles. The first-order chi connectivity index (χ1) is 46.8. The number of hydrogen-bond donors (Lipinski definition) is 22. The number of hydrogen-bond acceptors (Lipinski definition) is 34. The van der Waals surface area contributed by atoms with Gasteiger partial charge in [-0.15, -0.1) is 0 Å². The van der Waals surface area contributed by atoms with Crippen LogP contribution in [0.4, 0.5) is 0 Å². The maximum Gasteiger partial charge on any atom is 0.187 e. The van der Waals surface area contributed by atoms with E-state index < -0.39 is 264 Å². The highest BCUT2D eigenvalue weighted by Crippen LogP contribution is 2.75. The van der Waals surface area contributed by atoms with E-state index in [1.165, 1.54) is 13.8 Å². The van der Waals surface area contributed by atoms with Crippen LogP contribution >= 0.6 is 0 Å². The third-order valence-electron chi connectivity index (χ3n) is 25.0. The molecule has 0 radical (unpaired) electrons. The van der Waals surface area contributed by atoms with Crippen LogP contribution < -0.4 is 0 Å². The van der Waals surface area contributed by atoms with Crippen molar-refractivity contribution in [2.75, 3.05) is 39.6 Å². The highest BCUT2D eigenvalue weighted by Gasteiger charge is 2.71. The van der Waals surface area contributed by atoms with Gasteiger partial charge in [0.2, 0.25) is 0 Å². The molecule has 34 heteroatoms. The third kappa shape index (κ3) is 14.9. The van der Waals surface area contributed by atoms with Crippen molar-refractivity contribution in [2.45, 2.75) is 315 Å². The van der Waals surface area contributed by atoms with Crippen molar-refractivity contribution < 1.29 is 169 Å². The topological polar surface area (TPSA) is 556 Å². The van der Waals surface area contributed by atoms with Crippen molar-refractivity contribution in [1.82, 2.24) is 0 Å². The molecule has 6 aliphatic heterocycles. The molecular formula is C66H112O34. The molecule has 3 unspecified atom stereocenters. The number of aliphatic hydroxyl groups is 22. The molecule has 580 valence electrons. The van der Waals surface area contributed by atoms with Crippen LogP contribution in [-0.4, -0.2) is 360 Å². The first-order valence-corrected chi connectivity index (χ1v) is 35.1. The Morgan fingerprint density at radius 3 is 1.30 bits per heavy atom. The number of aliphatic hydroxyl groups excluding tert-OH is 21. The lowest BCUT2D eigenvalue weighted by atomic mass is 9.38. The molecule has 10 aliphatic rings. The van der Waals surface area contributed by atoms with Gasteiger partial charge in [0.15, 0.2) is 37.7 Å². The summed E-state index contributed by atoms with van der Waals surface area (Å²) in [6.45, 7) is 11.5. The number of fused-ring (bicyclic) bond motifs is 5. The molecule has 0 bridgehead atoms. The maximum atomic E-state index is 12.9. The van der Waals surface area contributed by atoms with Gasteiger partial charge in [-0.25, -0.2) is 0 Å². The summed E-state index contributed by atoms with van der Waals surface area (Å²) in [5.74, 6) is -0.169. The molecule has 10 rings (SSSR count). The Labute approximate surface area is 579 Å². The van der Waals surface area contributed by atoms with Crippen LogP contribution in [0.15, 0.2) is 11.6 Å². The average Bonchev–Trinajstić information content (AvgIpc) is 1.32. The predicted octanol–water partition coefficient (Wildman–Crippen LogP) is -7.58. The van der Waals surface area contributed by atoms with Gasteiger partial charge in [-0.05, 0) is 99.7 Å². The zero-order valence-electron chi connectivity index (χ0n) is 57.6. The van der Waals surface area contributed by atoms with E-state index in [1.54, 1.807) is 0 Å². The van der Waals surface area contributed by atoms with E-state index in [0.717, 1.165) is 18.4 Å². The van der Waals surface area contributed by atoms with E-state index >= 15 is 0 Å². The Morgan fingerprint density at radius 1 is 0.460 bits per heavy atom. The summed E-state index contributed by atoms with van der Waals surface area (Å²) in [5.41, 5.74) is -2.71. The van der Waals surface area contributed by atoms with E-state index in [1.807, 2.05) is 13.8 Å². The minimum Gasteiger partial charge on any atom is -0.394 e. The number of allylic oxidation sites excluding steroid dienone is 1. The van der Waals surface area contributed by atoms with Crippen LogP contribution in [-0.2, 0) is 56.8 Å². The van der Waals surface area contributed by atoms with E-state index in [-0.39, 0.29) is 35.5 Å². The Bertz CT molecular complexity index is 2670. The molecular weight excluding hydrogens is 1340 g/mol. The molecule has 22 N–H and O–H groups in total.